The van der Waals surface area contributed by atoms with Crippen LogP contribution in [0.1, 0.15) is 5.56 Å². The van der Waals surface area contributed by atoms with Gasteiger partial charge in [0, 0.05) is 16.0 Å². The molecule has 26 heavy (non-hydrogen) atoms. The second-order valence-corrected chi connectivity index (χ2v) is 7.52. The lowest BCUT2D eigenvalue weighted by atomic mass is 10.2. The van der Waals surface area contributed by atoms with E-state index in [4.69, 9.17) is 5.84 Å². The molecule has 0 saturated carbocycles. The van der Waals surface area contributed by atoms with Gasteiger partial charge in [0.05, 0.1) is 12.0 Å². The molecule has 0 aliphatic carbocycles. The Morgan fingerprint density at radius 2 is 2.19 bits per heavy atom. The van der Waals surface area contributed by atoms with Crippen molar-refractivity contribution in [1.82, 2.24) is 19.9 Å². The van der Waals surface area contributed by atoms with E-state index in [1.54, 1.807) is 17.8 Å². The Balaban J connectivity index is 1.52. The second-order valence-electron chi connectivity index (χ2n) is 4.77. The number of hydrogen-bond acceptors (Lipinski definition) is 9. The number of anilines is 2. The van der Waals surface area contributed by atoms with Gasteiger partial charge in [-0.05, 0) is 17.7 Å². The van der Waals surface area contributed by atoms with Gasteiger partial charge in [-0.1, -0.05) is 39.8 Å². The van der Waals surface area contributed by atoms with Gasteiger partial charge in [0.2, 0.25) is 11.1 Å². The predicted octanol–water partition coefficient (Wildman–Crippen LogP) is 2.39. The third-order valence-corrected chi connectivity index (χ3v) is 5.08. The summed E-state index contributed by atoms with van der Waals surface area (Å²) in [4.78, 5) is 15.8. The van der Waals surface area contributed by atoms with Crippen LogP contribution in [0.25, 0.3) is 0 Å². The van der Waals surface area contributed by atoms with E-state index in [-0.39, 0.29) is 17.6 Å². The van der Waals surface area contributed by atoms with Gasteiger partial charge in [-0.25, -0.2) is 15.1 Å². The van der Waals surface area contributed by atoms with E-state index in [2.05, 4.69) is 47.0 Å². The van der Waals surface area contributed by atoms with E-state index in [1.165, 1.54) is 16.0 Å². The summed E-state index contributed by atoms with van der Waals surface area (Å²) in [6, 6.07) is 7.64. The summed E-state index contributed by atoms with van der Waals surface area (Å²) >= 11 is 5.88. The Hall–Kier alpha value is -2.44. The molecule has 134 valence electrons. The minimum absolute atomic E-state index is 0.136. The number of nitrogens with two attached hydrogens (primary N) is 1. The molecule has 0 spiro atoms. The van der Waals surface area contributed by atoms with Crippen molar-refractivity contribution in [3.8, 4) is 0 Å². The average molecular weight is 453 g/mol. The van der Waals surface area contributed by atoms with Crippen LogP contribution in [0, 0.1) is 0 Å². The molecular weight excluding hydrogens is 440 g/mol. The van der Waals surface area contributed by atoms with E-state index in [0.29, 0.717) is 10.3 Å². The van der Waals surface area contributed by atoms with Crippen molar-refractivity contribution in [2.24, 2.45) is 5.10 Å². The molecule has 0 unspecified atom stereocenters. The fourth-order valence-electron chi connectivity index (χ4n) is 1.74. The Morgan fingerprint density at radius 3 is 2.92 bits per heavy atom. The summed E-state index contributed by atoms with van der Waals surface area (Å²) in [5.41, 5.74) is 3.63. The summed E-state index contributed by atoms with van der Waals surface area (Å²) in [5.74, 6) is 6.11. The Labute approximate surface area is 165 Å². The monoisotopic (exact) mass is 452 g/mol. The largest absolute Gasteiger partial charge is 0.334 e. The third-order valence-electron chi connectivity index (χ3n) is 2.92. The minimum atomic E-state index is -0.198. The summed E-state index contributed by atoms with van der Waals surface area (Å²) in [6.45, 7) is 0. The van der Waals surface area contributed by atoms with Crippen LogP contribution in [0.15, 0.2) is 50.6 Å². The highest BCUT2D eigenvalue weighted by molar-refractivity contribution is 9.10. The minimum Gasteiger partial charge on any atom is -0.334 e. The highest BCUT2D eigenvalue weighted by Crippen LogP contribution is 2.18. The molecule has 0 aliphatic rings. The highest BCUT2D eigenvalue weighted by Gasteiger charge is 2.12. The maximum absolute atomic E-state index is 11.8. The first-order valence-electron chi connectivity index (χ1n) is 7.19. The molecule has 9 nitrogen and oxygen atoms in total. The molecule has 2 heterocycles. The first-order valence-corrected chi connectivity index (χ1v) is 9.85. The molecule has 0 atom stereocenters. The van der Waals surface area contributed by atoms with Crippen LogP contribution in [0.4, 0.5) is 11.1 Å². The number of thiazole rings is 1. The molecule has 2 aromatic heterocycles. The summed E-state index contributed by atoms with van der Waals surface area (Å²) in [6.07, 6.45) is 3.26. The normalized spacial score (nSPS) is 11.0. The number of amides is 1. The van der Waals surface area contributed by atoms with Crippen molar-refractivity contribution in [3.05, 3.63) is 45.9 Å². The number of rotatable bonds is 7. The molecule has 1 aromatic carbocycles. The van der Waals surface area contributed by atoms with Crippen molar-refractivity contribution in [2.45, 2.75) is 5.16 Å². The average Bonchev–Trinajstić information content (AvgIpc) is 3.25. The lowest BCUT2D eigenvalue weighted by Gasteiger charge is -2.03. The number of carbonyl (C=O) groups is 1. The van der Waals surface area contributed by atoms with Crippen LogP contribution in [-0.4, -0.2) is 37.7 Å². The van der Waals surface area contributed by atoms with Crippen molar-refractivity contribution >= 4 is 62.2 Å². The summed E-state index contributed by atoms with van der Waals surface area (Å²) in [7, 11) is 0. The number of carbonyl (C=O) groups excluding carboxylic acids is 1. The van der Waals surface area contributed by atoms with E-state index >= 15 is 0 Å². The Morgan fingerprint density at radius 1 is 1.38 bits per heavy atom. The summed E-state index contributed by atoms with van der Waals surface area (Å²) < 4.78 is 2.23. The van der Waals surface area contributed by atoms with Crippen LogP contribution in [-0.2, 0) is 4.79 Å². The first-order chi connectivity index (χ1) is 12.6. The van der Waals surface area contributed by atoms with Crippen LogP contribution in [0.5, 0.6) is 0 Å². The maximum atomic E-state index is 11.8. The Bertz CT molecular complexity index is 894. The van der Waals surface area contributed by atoms with Gasteiger partial charge in [-0.15, -0.1) is 21.5 Å². The van der Waals surface area contributed by atoms with Crippen LogP contribution in [0.3, 0.4) is 0 Å². The van der Waals surface area contributed by atoms with Crippen LogP contribution in [0.2, 0.25) is 0 Å². The van der Waals surface area contributed by atoms with Crippen LogP contribution < -0.4 is 16.6 Å². The molecule has 1 amide bonds. The number of halogens is 1. The topological polar surface area (TPSA) is 123 Å². The van der Waals surface area contributed by atoms with Crippen molar-refractivity contribution < 1.29 is 4.79 Å². The number of nitrogen functional groups attached to an aromatic ring is 1. The molecular formula is C14H13BrN8OS2. The van der Waals surface area contributed by atoms with Crippen molar-refractivity contribution in [1.29, 1.82) is 0 Å². The van der Waals surface area contributed by atoms with Gasteiger partial charge in [0.25, 0.3) is 5.95 Å². The van der Waals surface area contributed by atoms with Gasteiger partial charge in [0.1, 0.15) is 0 Å². The fraction of sp³-hybridized carbons (Fsp3) is 0.0714. The molecule has 4 N–H and O–H groups in total. The highest BCUT2D eigenvalue weighted by atomic mass is 79.9. The van der Waals surface area contributed by atoms with Crippen molar-refractivity contribution in [3.63, 3.8) is 0 Å². The number of thioether (sulfide) groups is 1. The number of aromatic nitrogens is 4. The quantitative estimate of drug-likeness (QED) is 0.217. The second kappa shape index (κ2) is 8.78. The molecule has 0 radical (unpaired) electrons. The number of hydrogen-bond donors (Lipinski definition) is 3. The smallest absolute Gasteiger partial charge is 0.264 e. The zero-order chi connectivity index (χ0) is 18.4. The lowest BCUT2D eigenvalue weighted by Crippen LogP contribution is -2.16. The van der Waals surface area contributed by atoms with E-state index in [9.17, 15) is 4.79 Å². The molecule has 0 saturated heterocycles. The maximum Gasteiger partial charge on any atom is 0.264 e. The van der Waals surface area contributed by atoms with Crippen LogP contribution >= 0.6 is 39.0 Å². The molecule has 3 aromatic rings. The van der Waals surface area contributed by atoms with Gasteiger partial charge >= 0.3 is 0 Å². The molecule has 3 rings (SSSR count). The molecule has 0 fully saturated rings. The third kappa shape index (κ3) is 5.03. The van der Waals surface area contributed by atoms with E-state index in [1.807, 2.05) is 24.3 Å². The van der Waals surface area contributed by atoms with E-state index in [0.717, 1.165) is 21.8 Å². The van der Waals surface area contributed by atoms with E-state index < -0.39 is 0 Å². The number of nitrogens with one attached hydrogen (secondary N) is 2. The fourth-order valence-corrected chi connectivity index (χ4v) is 3.20. The molecule has 0 aliphatic heterocycles. The number of benzene rings is 1. The predicted molar refractivity (Wildman–Crippen MR) is 107 cm³/mol. The van der Waals surface area contributed by atoms with Gasteiger partial charge in [-0.2, -0.15) is 5.10 Å². The zero-order valence-corrected chi connectivity index (χ0v) is 16.4. The standard InChI is InChI=1S/C14H13BrN8OS2/c15-10-3-1-9(2-4-10)7-18-20-12-21-22-14(23(12)16)26-8-11(24)19-13-17-5-6-25-13/h1-7H,8,16H2,(H,20,21)(H,17,19,24)/b18-7+. The zero-order valence-electron chi connectivity index (χ0n) is 13.2. The van der Waals surface area contributed by atoms with Gasteiger partial charge in [-0.3, -0.25) is 4.79 Å². The first kappa shape index (κ1) is 18.4. The SMILES string of the molecule is Nn1c(N/N=C/c2ccc(Br)cc2)nnc1SCC(=O)Nc1nccs1. The van der Waals surface area contributed by atoms with Gasteiger partial charge in [0.15, 0.2) is 5.13 Å². The summed E-state index contributed by atoms with van der Waals surface area (Å²) in [5, 5.41) is 17.3. The van der Waals surface area contributed by atoms with Gasteiger partial charge < -0.3 is 11.2 Å². The molecule has 12 heteroatoms. The molecule has 0 bridgehead atoms. The lowest BCUT2D eigenvalue weighted by molar-refractivity contribution is -0.113. The number of nitrogens with zero attached hydrogens (tertiary/aromatic N) is 5. The number of hydrazone groups is 1. The Kier molecular flexibility index (Phi) is 6.20. The van der Waals surface area contributed by atoms with Crippen molar-refractivity contribution in [2.75, 3.05) is 22.3 Å².